The van der Waals surface area contributed by atoms with Gasteiger partial charge in [0.15, 0.2) is 0 Å². The van der Waals surface area contributed by atoms with Crippen molar-refractivity contribution in [1.29, 1.82) is 0 Å². The zero-order valence-electron chi connectivity index (χ0n) is 20.7. The third-order valence-corrected chi connectivity index (χ3v) is 7.21. The molecule has 1 saturated heterocycles. The molecule has 0 radical (unpaired) electrons. The van der Waals surface area contributed by atoms with E-state index in [9.17, 15) is 33.9 Å². The number of rotatable bonds is 8. The zero-order chi connectivity index (χ0) is 28.8. The molecule has 7 N–H and O–H groups in total. The molecule has 7 amide bonds. The minimum Gasteiger partial charge on any atom is -0.477 e. The number of nitrogens with two attached hydrogens (primary N) is 1. The molecule has 0 aromatic heterocycles. The first-order valence-electron chi connectivity index (χ1n) is 11.8. The summed E-state index contributed by atoms with van der Waals surface area (Å²) in [6.45, 7) is -0.398. The molecule has 0 spiro atoms. The Morgan fingerprint density at radius 2 is 1.68 bits per heavy atom. The Balaban J connectivity index is 1.45. The highest BCUT2D eigenvalue weighted by Gasteiger charge is 2.54. The molecule has 2 aromatic rings. The summed E-state index contributed by atoms with van der Waals surface area (Å²) >= 11 is 1.16. The van der Waals surface area contributed by atoms with Crippen LogP contribution >= 0.6 is 11.8 Å². The van der Waals surface area contributed by atoms with Crippen LogP contribution in [0.15, 0.2) is 71.9 Å². The number of carbonyl (C=O) groups is 6. The van der Waals surface area contributed by atoms with E-state index in [0.29, 0.717) is 11.3 Å². The summed E-state index contributed by atoms with van der Waals surface area (Å²) in [6.07, 6.45) is -1.09. The van der Waals surface area contributed by atoms with Crippen LogP contribution in [-0.2, 0) is 19.1 Å². The molecule has 40 heavy (non-hydrogen) atoms. The Kier molecular flexibility index (Phi) is 8.54. The van der Waals surface area contributed by atoms with Gasteiger partial charge in [-0.15, -0.1) is 11.8 Å². The van der Waals surface area contributed by atoms with E-state index in [0.717, 1.165) is 16.7 Å². The largest absolute Gasteiger partial charge is 0.477 e. The number of carbonyl (C=O) groups excluding carboxylic acids is 5. The summed E-state index contributed by atoms with van der Waals surface area (Å²) in [6, 6.07) is 12.4. The third kappa shape index (κ3) is 6.32. The van der Waals surface area contributed by atoms with E-state index in [1.165, 1.54) is 0 Å². The second-order valence-corrected chi connectivity index (χ2v) is 9.63. The first-order chi connectivity index (χ1) is 19.2. The number of para-hydroxylation sites is 1. The number of carboxylic acids is 1. The topological polar surface area (TPSA) is 209 Å². The quantitative estimate of drug-likeness (QED) is 0.251. The number of urea groups is 2. The highest BCUT2D eigenvalue weighted by molar-refractivity contribution is 8.00. The number of ether oxygens (including phenoxy) is 1. The summed E-state index contributed by atoms with van der Waals surface area (Å²) in [4.78, 5) is 74.9. The number of nitrogens with one attached hydrogen (secondary N) is 4. The number of β-lactam (4-membered cyclic amide) rings is 1. The van der Waals surface area contributed by atoms with Gasteiger partial charge in [-0.3, -0.25) is 19.8 Å². The highest BCUT2D eigenvalue weighted by atomic mass is 32.2. The molecule has 2 aliphatic rings. The molecule has 1 fully saturated rings. The fraction of sp³-hybridized carbons (Fsp3) is 0.200. The van der Waals surface area contributed by atoms with Gasteiger partial charge in [-0.1, -0.05) is 48.5 Å². The van der Waals surface area contributed by atoms with Gasteiger partial charge in [-0.25, -0.2) is 19.2 Å². The third-order valence-electron chi connectivity index (χ3n) is 5.87. The number of nitrogens with zero attached hydrogens (tertiary/aromatic N) is 1. The minimum absolute atomic E-state index is 0.106. The first kappa shape index (κ1) is 28.0. The van der Waals surface area contributed by atoms with E-state index < -0.39 is 60.0 Å². The number of hydrogen-bond donors (Lipinski definition) is 6. The smallest absolute Gasteiger partial charge is 0.404 e. The number of thioether (sulfide) groups is 1. The number of benzene rings is 2. The maximum Gasteiger partial charge on any atom is 0.404 e. The van der Waals surface area contributed by atoms with Crippen LogP contribution < -0.4 is 27.0 Å². The predicted molar refractivity (Wildman–Crippen MR) is 142 cm³/mol. The lowest BCUT2D eigenvalue weighted by molar-refractivity contribution is -0.151. The van der Waals surface area contributed by atoms with Gasteiger partial charge < -0.3 is 31.5 Å². The molecule has 208 valence electrons. The second kappa shape index (κ2) is 12.2. The van der Waals surface area contributed by atoms with Gasteiger partial charge in [0.25, 0.3) is 5.91 Å². The first-order valence-corrected chi connectivity index (χ1v) is 12.8. The molecular weight excluding hydrogens is 544 g/mol. The number of anilines is 1. The average Bonchev–Trinajstić information content (AvgIpc) is 2.93. The number of fused-ring (bicyclic) bond motifs is 1. The van der Waals surface area contributed by atoms with E-state index in [4.69, 9.17) is 10.5 Å². The lowest BCUT2D eigenvalue weighted by Crippen LogP contribution is -2.71. The van der Waals surface area contributed by atoms with Crippen molar-refractivity contribution in [3.05, 3.63) is 77.5 Å². The monoisotopic (exact) mass is 568 g/mol. The van der Waals surface area contributed by atoms with Gasteiger partial charge in [-0.05, 0) is 17.7 Å². The van der Waals surface area contributed by atoms with Gasteiger partial charge in [0, 0.05) is 17.0 Å². The Hall–Kier alpha value is -5.05. The molecule has 2 aliphatic heterocycles. The summed E-state index contributed by atoms with van der Waals surface area (Å²) in [5.74, 6) is -2.75. The van der Waals surface area contributed by atoms with Crippen LogP contribution in [0.25, 0.3) is 0 Å². The Morgan fingerprint density at radius 1 is 1.02 bits per heavy atom. The number of amides is 7. The molecule has 0 bridgehead atoms. The van der Waals surface area contributed by atoms with Crippen LogP contribution in [0, 0.1) is 0 Å². The van der Waals surface area contributed by atoms with Crippen LogP contribution in [0.5, 0.6) is 0 Å². The molecule has 2 heterocycles. The van der Waals surface area contributed by atoms with Crippen molar-refractivity contribution in [3.63, 3.8) is 0 Å². The van der Waals surface area contributed by atoms with Gasteiger partial charge in [0.05, 0.1) is 0 Å². The molecule has 3 atom stereocenters. The standard InChI is InChI=1S/C25H24N6O8S/c26-23(36)39-11-14-12-40-21-17(20(33)31(21)18(14)22(34)35)28-19(32)16(13-7-3-1-4-8-13)29-25(38)30-24(37)27-15-9-5-2-6-10-15/h1-10,16-17,21H,11-12H2,(H2,26,36)(H,28,32)(H,34,35)(H3,27,29,30,37,38)/t16?,17?,21-/m0/s1. The van der Waals surface area contributed by atoms with Gasteiger partial charge in [-0.2, -0.15) is 0 Å². The molecule has 2 unspecified atom stereocenters. The zero-order valence-corrected chi connectivity index (χ0v) is 21.5. The van der Waals surface area contributed by atoms with Crippen LogP contribution in [0.2, 0.25) is 0 Å². The molecule has 15 heteroatoms. The van der Waals surface area contributed by atoms with Crippen molar-refractivity contribution >= 4 is 53.4 Å². The fourth-order valence-corrected chi connectivity index (χ4v) is 5.42. The van der Waals surface area contributed by atoms with E-state index in [2.05, 4.69) is 21.3 Å². The van der Waals surface area contributed by atoms with E-state index in [1.807, 2.05) is 0 Å². The number of aliphatic carboxylic acids is 1. The maximum absolute atomic E-state index is 13.3. The van der Waals surface area contributed by atoms with Gasteiger partial charge >= 0.3 is 24.1 Å². The van der Waals surface area contributed by atoms with Crippen molar-refractivity contribution in [3.8, 4) is 0 Å². The molecule has 4 rings (SSSR count). The highest BCUT2D eigenvalue weighted by Crippen LogP contribution is 2.40. The average molecular weight is 569 g/mol. The van der Waals surface area contributed by atoms with Crippen LogP contribution in [0.4, 0.5) is 20.1 Å². The Labute approximate surface area is 231 Å². The van der Waals surface area contributed by atoms with Crippen LogP contribution in [0.3, 0.4) is 0 Å². The molecule has 2 aromatic carbocycles. The van der Waals surface area contributed by atoms with Crippen molar-refractivity contribution in [2.75, 3.05) is 17.7 Å². The number of hydrogen-bond acceptors (Lipinski definition) is 8. The summed E-state index contributed by atoms with van der Waals surface area (Å²) < 4.78 is 4.70. The predicted octanol–water partition coefficient (Wildman–Crippen LogP) is 1.09. The lowest BCUT2D eigenvalue weighted by atomic mass is 10.0. The number of primary amides is 1. The van der Waals surface area contributed by atoms with E-state index in [1.54, 1.807) is 60.7 Å². The van der Waals surface area contributed by atoms with Gasteiger partial charge in [0.2, 0.25) is 5.91 Å². The molecule has 0 saturated carbocycles. The van der Waals surface area contributed by atoms with Crippen molar-refractivity contribution in [2.24, 2.45) is 5.73 Å². The minimum atomic E-state index is -1.40. The number of carboxylic acid groups (broad SMARTS) is 1. The lowest BCUT2D eigenvalue weighted by Gasteiger charge is -2.49. The van der Waals surface area contributed by atoms with Gasteiger partial charge in [0.1, 0.15) is 29.8 Å². The maximum atomic E-state index is 13.3. The molecular formula is C25H24N6O8S. The van der Waals surface area contributed by atoms with Crippen molar-refractivity contribution in [1.82, 2.24) is 20.9 Å². The fourth-order valence-electron chi connectivity index (χ4n) is 4.09. The Bertz CT molecular complexity index is 1370. The number of imide groups is 1. The molecule has 0 aliphatic carbocycles. The Morgan fingerprint density at radius 3 is 2.30 bits per heavy atom. The SMILES string of the molecule is NC(=O)OCC1=C(C(=O)O)N2C(=O)C(NC(=O)C(NC(=O)NC(=O)Nc3ccccc3)c3ccccc3)[C@@H]2SC1. The van der Waals surface area contributed by atoms with Crippen LogP contribution in [0.1, 0.15) is 11.6 Å². The van der Waals surface area contributed by atoms with Crippen LogP contribution in [-0.4, -0.2) is 69.7 Å². The van der Waals surface area contributed by atoms with Crippen molar-refractivity contribution < 1.29 is 38.6 Å². The van der Waals surface area contributed by atoms with E-state index >= 15 is 0 Å². The second-order valence-electron chi connectivity index (χ2n) is 8.52. The normalized spacial score (nSPS) is 18.4. The molecule has 14 nitrogen and oxygen atoms in total. The summed E-state index contributed by atoms with van der Waals surface area (Å²) in [7, 11) is 0. The summed E-state index contributed by atoms with van der Waals surface area (Å²) in [5.41, 5.74) is 5.61. The van der Waals surface area contributed by atoms with E-state index in [-0.39, 0.29) is 17.0 Å². The van der Waals surface area contributed by atoms with Crippen molar-refractivity contribution in [2.45, 2.75) is 17.5 Å². The summed E-state index contributed by atoms with van der Waals surface area (Å²) in [5, 5.41) is 18.5.